The molecule has 0 saturated heterocycles. The Balaban J connectivity index is 1.83. The summed E-state index contributed by atoms with van der Waals surface area (Å²) in [5, 5.41) is 2.91. The molecule has 0 radical (unpaired) electrons. The first-order valence-corrected chi connectivity index (χ1v) is 8.71. The van der Waals surface area contributed by atoms with Gasteiger partial charge >= 0.3 is 0 Å². The SMILES string of the molecule is CC(=O)N1CCc2ncn(C)c2[C@@H]1C(=O)Nc1ccc(OC(C)C)cc1. The van der Waals surface area contributed by atoms with Gasteiger partial charge in [-0.15, -0.1) is 0 Å². The maximum absolute atomic E-state index is 13.0. The number of imidazole rings is 1. The molecule has 7 heteroatoms. The first-order chi connectivity index (χ1) is 12.4. The van der Waals surface area contributed by atoms with Gasteiger partial charge in [0.15, 0.2) is 6.04 Å². The Morgan fingerprint density at radius 2 is 1.96 bits per heavy atom. The molecule has 1 aliphatic heterocycles. The molecule has 26 heavy (non-hydrogen) atoms. The highest BCUT2D eigenvalue weighted by Gasteiger charge is 2.37. The van der Waals surface area contributed by atoms with E-state index in [1.165, 1.54) is 6.92 Å². The summed E-state index contributed by atoms with van der Waals surface area (Å²) in [4.78, 5) is 31.0. The Labute approximate surface area is 153 Å². The zero-order valence-corrected chi connectivity index (χ0v) is 15.5. The number of amides is 2. The highest BCUT2D eigenvalue weighted by atomic mass is 16.5. The van der Waals surface area contributed by atoms with Gasteiger partial charge in [0.2, 0.25) is 5.91 Å². The van der Waals surface area contributed by atoms with Crippen LogP contribution in [0.5, 0.6) is 5.75 Å². The lowest BCUT2D eigenvalue weighted by molar-refractivity contribution is -0.137. The number of hydrogen-bond donors (Lipinski definition) is 1. The Hall–Kier alpha value is -2.83. The number of rotatable bonds is 4. The molecule has 1 aliphatic rings. The third kappa shape index (κ3) is 3.56. The number of aromatic nitrogens is 2. The van der Waals surface area contributed by atoms with Crippen molar-refractivity contribution in [3.63, 3.8) is 0 Å². The predicted molar refractivity (Wildman–Crippen MR) is 97.9 cm³/mol. The van der Waals surface area contributed by atoms with Crippen LogP contribution in [0.2, 0.25) is 0 Å². The van der Waals surface area contributed by atoms with Crippen LogP contribution in [0.3, 0.4) is 0 Å². The van der Waals surface area contributed by atoms with Crippen molar-refractivity contribution in [2.45, 2.75) is 39.3 Å². The van der Waals surface area contributed by atoms with Crippen LogP contribution in [-0.2, 0) is 23.1 Å². The first kappa shape index (κ1) is 18.0. The van der Waals surface area contributed by atoms with E-state index in [0.717, 1.165) is 17.1 Å². The van der Waals surface area contributed by atoms with Gasteiger partial charge in [0.1, 0.15) is 5.75 Å². The number of aryl methyl sites for hydroxylation is 1. The highest BCUT2D eigenvalue weighted by Crippen LogP contribution is 2.30. The van der Waals surface area contributed by atoms with Crippen LogP contribution >= 0.6 is 0 Å². The second-order valence-electron chi connectivity index (χ2n) is 6.73. The second kappa shape index (κ2) is 7.19. The van der Waals surface area contributed by atoms with Crippen molar-refractivity contribution in [2.75, 3.05) is 11.9 Å². The van der Waals surface area contributed by atoms with Gasteiger partial charge in [-0.05, 0) is 38.1 Å². The summed E-state index contributed by atoms with van der Waals surface area (Å²) < 4.78 is 7.43. The van der Waals surface area contributed by atoms with Gasteiger partial charge in [-0.2, -0.15) is 0 Å². The Bertz CT molecular complexity index is 811. The van der Waals surface area contributed by atoms with Crippen molar-refractivity contribution in [3.05, 3.63) is 42.0 Å². The smallest absolute Gasteiger partial charge is 0.253 e. The predicted octanol–water partition coefficient (Wildman–Crippen LogP) is 2.29. The van der Waals surface area contributed by atoms with Crippen molar-refractivity contribution in [1.82, 2.24) is 14.5 Å². The van der Waals surface area contributed by atoms with Crippen LogP contribution in [0.1, 0.15) is 38.2 Å². The van der Waals surface area contributed by atoms with Gasteiger partial charge < -0.3 is 19.5 Å². The van der Waals surface area contributed by atoms with Gasteiger partial charge in [0, 0.05) is 32.6 Å². The quantitative estimate of drug-likeness (QED) is 0.912. The molecule has 0 aliphatic carbocycles. The van der Waals surface area contributed by atoms with Gasteiger partial charge in [0.25, 0.3) is 5.91 Å². The molecule has 2 amide bonds. The topological polar surface area (TPSA) is 76.5 Å². The fourth-order valence-electron chi connectivity index (χ4n) is 3.24. The number of benzene rings is 1. The maximum Gasteiger partial charge on any atom is 0.253 e. The lowest BCUT2D eigenvalue weighted by Gasteiger charge is -2.34. The number of ether oxygens (including phenoxy) is 1. The van der Waals surface area contributed by atoms with Crippen molar-refractivity contribution >= 4 is 17.5 Å². The number of nitrogens with zero attached hydrogens (tertiary/aromatic N) is 3. The zero-order chi connectivity index (χ0) is 18.8. The molecule has 0 spiro atoms. The molecule has 0 unspecified atom stereocenters. The van der Waals surface area contributed by atoms with E-state index in [1.54, 1.807) is 23.4 Å². The summed E-state index contributed by atoms with van der Waals surface area (Å²) in [6.45, 7) is 5.89. The molecular formula is C19H24N4O3. The van der Waals surface area contributed by atoms with Crippen LogP contribution in [0.25, 0.3) is 0 Å². The standard InChI is InChI=1S/C19H24N4O3/c1-12(2)26-15-7-5-14(6-8-15)21-19(25)18-17-16(20-11-22(17)4)9-10-23(18)13(3)24/h5-8,11-12,18H,9-10H2,1-4H3,(H,21,25)/t18-/m1/s1. The molecule has 2 aromatic rings. The molecule has 0 saturated carbocycles. The summed E-state index contributed by atoms with van der Waals surface area (Å²) >= 11 is 0. The summed E-state index contributed by atoms with van der Waals surface area (Å²) in [5.41, 5.74) is 2.29. The molecule has 1 N–H and O–H groups in total. The zero-order valence-electron chi connectivity index (χ0n) is 15.5. The van der Waals surface area contributed by atoms with Crippen molar-refractivity contribution in [2.24, 2.45) is 7.05 Å². The van der Waals surface area contributed by atoms with Crippen LogP contribution in [-0.4, -0.2) is 38.9 Å². The number of carbonyl (C=O) groups excluding carboxylic acids is 2. The number of carbonyl (C=O) groups is 2. The van der Waals surface area contributed by atoms with E-state index in [-0.39, 0.29) is 17.9 Å². The molecule has 2 heterocycles. The first-order valence-electron chi connectivity index (χ1n) is 8.71. The van der Waals surface area contributed by atoms with Crippen LogP contribution < -0.4 is 10.1 Å². The average molecular weight is 356 g/mol. The molecule has 138 valence electrons. The minimum absolute atomic E-state index is 0.0880. The lowest BCUT2D eigenvalue weighted by atomic mass is 10.0. The van der Waals surface area contributed by atoms with Crippen molar-refractivity contribution in [3.8, 4) is 5.75 Å². The van der Waals surface area contributed by atoms with Gasteiger partial charge in [-0.1, -0.05) is 0 Å². The van der Waals surface area contributed by atoms with Crippen LogP contribution in [0, 0.1) is 0 Å². The third-order valence-corrected chi connectivity index (χ3v) is 4.37. The van der Waals surface area contributed by atoms with E-state index in [1.807, 2.05) is 37.6 Å². The van der Waals surface area contributed by atoms with Gasteiger partial charge in [-0.3, -0.25) is 9.59 Å². The molecule has 7 nitrogen and oxygen atoms in total. The third-order valence-electron chi connectivity index (χ3n) is 4.37. The maximum atomic E-state index is 13.0. The summed E-state index contributed by atoms with van der Waals surface area (Å²) in [6, 6.07) is 6.53. The molecular weight excluding hydrogens is 332 g/mol. The van der Waals surface area contributed by atoms with Gasteiger partial charge in [-0.25, -0.2) is 4.98 Å². The lowest BCUT2D eigenvalue weighted by Crippen LogP contribution is -2.45. The normalized spacial score (nSPS) is 16.3. The van der Waals surface area contributed by atoms with E-state index in [2.05, 4.69) is 10.3 Å². The van der Waals surface area contributed by atoms with E-state index < -0.39 is 6.04 Å². The average Bonchev–Trinajstić information content (AvgIpc) is 2.96. The monoisotopic (exact) mass is 356 g/mol. The van der Waals surface area contributed by atoms with Crippen LogP contribution in [0.4, 0.5) is 5.69 Å². The molecule has 1 aromatic heterocycles. The molecule has 0 fully saturated rings. The largest absolute Gasteiger partial charge is 0.491 e. The van der Waals surface area contributed by atoms with Crippen LogP contribution in [0.15, 0.2) is 30.6 Å². The molecule has 3 rings (SSSR count). The number of hydrogen-bond acceptors (Lipinski definition) is 4. The highest BCUT2D eigenvalue weighted by molar-refractivity contribution is 5.97. The fourth-order valence-corrected chi connectivity index (χ4v) is 3.24. The van der Waals surface area contributed by atoms with E-state index in [9.17, 15) is 9.59 Å². The minimum Gasteiger partial charge on any atom is -0.491 e. The fraction of sp³-hybridized carbons (Fsp3) is 0.421. The number of anilines is 1. The summed E-state index contributed by atoms with van der Waals surface area (Å²) in [5.74, 6) is 0.370. The molecule has 0 bridgehead atoms. The Kier molecular flexibility index (Phi) is 4.97. The van der Waals surface area contributed by atoms with Gasteiger partial charge in [0.05, 0.1) is 23.8 Å². The van der Waals surface area contributed by atoms with E-state index in [0.29, 0.717) is 18.7 Å². The second-order valence-corrected chi connectivity index (χ2v) is 6.73. The van der Waals surface area contributed by atoms with Crippen molar-refractivity contribution < 1.29 is 14.3 Å². The summed E-state index contributed by atoms with van der Waals surface area (Å²) in [6.07, 6.45) is 2.43. The van der Waals surface area contributed by atoms with E-state index in [4.69, 9.17) is 4.74 Å². The number of nitrogens with one attached hydrogen (secondary N) is 1. The van der Waals surface area contributed by atoms with Crippen molar-refractivity contribution in [1.29, 1.82) is 0 Å². The summed E-state index contributed by atoms with van der Waals surface area (Å²) in [7, 11) is 1.84. The Morgan fingerprint density at radius 1 is 1.27 bits per heavy atom. The minimum atomic E-state index is -0.685. The van der Waals surface area contributed by atoms with E-state index >= 15 is 0 Å². The molecule has 1 atom stereocenters. The molecule has 1 aromatic carbocycles. The number of fused-ring (bicyclic) bond motifs is 1. The Morgan fingerprint density at radius 3 is 2.58 bits per heavy atom.